The number of aromatic nitrogens is 2. The molecule has 0 N–H and O–H groups in total. The molecule has 18 heavy (non-hydrogen) atoms. The van der Waals surface area contributed by atoms with Crippen molar-refractivity contribution >= 4 is 11.3 Å². The quantitative estimate of drug-likeness (QED) is 0.798. The molecule has 0 amide bonds. The van der Waals surface area contributed by atoms with Crippen LogP contribution in [0, 0.1) is 12.8 Å². The third-order valence-corrected chi connectivity index (χ3v) is 5.20. The van der Waals surface area contributed by atoms with Gasteiger partial charge in [-0.25, -0.2) is 4.98 Å². The minimum atomic E-state index is 0.507. The fraction of sp³-hybridized carbons (Fsp3) is 0.533. The Bertz CT molecular complexity index is 480. The second-order valence-corrected chi connectivity index (χ2v) is 6.27. The van der Waals surface area contributed by atoms with Crippen LogP contribution in [0.3, 0.4) is 0 Å². The Morgan fingerprint density at radius 1 is 1.33 bits per heavy atom. The number of hydrogen-bond acceptors (Lipinski definition) is 2. The van der Waals surface area contributed by atoms with Gasteiger partial charge < -0.3 is 4.57 Å². The van der Waals surface area contributed by atoms with Crippen molar-refractivity contribution in [1.82, 2.24) is 9.55 Å². The minimum absolute atomic E-state index is 0.507. The van der Waals surface area contributed by atoms with Crippen LogP contribution in [0.25, 0.3) is 0 Å². The van der Waals surface area contributed by atoms with Gasteiger partial charge in [-0.3, -0.25) is 0 Å². The van der Waals surface area contributed by atoms with E-state index in [4.69, 9.17) is 0 Å². The van der Waals surface area contributed by atoms with Crippen molar-refractivity contribution in [2.45, 2.75) is 45.1 Å². The van der Waals surface area contributed by atoms with E-state index in [1.54, 1.807) is 0 Å². The van der Waals surface area contributed by atoms with Gasteiger partial charge in [-0.2, -0.15) is 0 Å². The van der Waals surface area contributed by atoms with E-state index in [0.29, 0.717) is 6.04 Å². The second-order valence-electron chi connectivity index (χ2n) is 5.32. The fourth-order valence-electron chi connectivity index (χ4n) is 3.16. The lowest BCUT2D eigenvalue weighted by molar-refractivity contribution is 0.281. The summed E-state index contributed by atoms with van der Waals surface area (Å²) in [6.07, 6.45) is 12.9. The van der Waals surface area contributed by atoms with Gasteiger partial charge in [0.2, 0.25) is 0 Å². The Balaban J connectivity index is 1.96. The highest BCUT2D eigenvalue weighted by Gasteiger charge is 2.28. The Hall–Kier alpha value is -1.09. The van der Waals surface area contributed by atoms with Crippen LogP contribution in [0.5, 0.6) is 0 Å². The molecule has 0 aromatic carbocycles. The number of nitrogens with zero attached hydrogens (tertiary/aromatic N) is 2. The summed E-state index contributed by atoms with van der Waals surface area (Å²) in [5.41, 5.74) is 1.43. The summed E-state index contributed by atoms with van der Waals surface area (Å²) in [6, 6.07) is 2.75. The molecule has 1 fully saturated rings. The number of aryl methyl sites for hydroxylation is 1. The van der Waals surface area contributed by atoms with Crippen LogP contribution in [0.4, 0.5) is 0 Å². The van der Waals surface area contributed by atoms with Gasteiger partial charge in [-0.05, 0) is 42.7 Å². The molecule has 2 heterocycles. The molecule has 1 saturated carbocycles. The van der Waals surface area contributed by atoms with E-state index in [1.165, 1.54) is 42.5 Å². The number of hydrogen-bond donors (Lipinski definition) is 0. The van der Waals surface area contributed by atoms with Gasteiger partial charge in [-0.1, -0.05) is 19.3 Å². The predicted octanol–water partition coefficient (Wildman–Crippen LogP) is 4.42. The van der Waals surface area contributed by atoms with Crippen LogP contribution >= 0.6 is 11.3 Å². The largest absolute Gasteiger partial charge is 0.329 e. The van der Waals surface area contributed by atoms with E-state index >= 15 is 0 Å². The van der Waals surface area contributed by atoms with Crippen molar-refractivity contribution in [2.24, 2.45) is 5.92 Å². The number of imidazole rings is 1. The molecule has 2 aromatic rings. The fourth-order valence-corrected chi connectivity index (χ4v) is 4.29. The summed E-state index contributed by atoms with van der Waals surface area (Å²) < 4.78 is 2.31. The zero-order valence-corrected chi connectivity index (χ0v) is 11.7. The van der Waals surface area contributed by atoms with Crippen LogP contribution < -0.4 is 0 Å². The number of thiophene rings is 1. The Kier molecular flexibility index (Phi) is 3.50. The average Bonchev–Trinajstić information content (AvgIpc) is 3.05. The maximum atomic E-state index is 4.25. The van der Waals surface area contributed by atoms with Crippen molar-refractivity contribution in [2.75, 3.05) is 0 Å². The molecule has 1 aliphatic rings. The van der Waals surface area contributed by atoms with Crippen molar-refractivity contribution in [3.8, 4) is 0 Å². The molecule has 96 valence electrons. The topological polar surface area (TPSA) is 17.8 Å². The minimum Gasteiger partial charge on any atom is -0.329 e. The lowest BCUT2D eigenvalue weighted by Gasteiger charge is -2.31. The van der Waals surface area contributed by atoms with E-state index in [-0.39, 0.29) is 0 Å². The zero-order valence-electron chi connectivity index (χ0n) is 10.9. The van der Waals surface area contributed by atoms with Gasteiger partial charge in [0.25, 0.3) is 0 Å². The van der Waals surface area contributed by atoms with Gasteiger partial charge in [0.15, 0.2) is 0 Å². The standard InChI is InChI=1S/C15H20N2S/c1-12-7-10-18-15(12)14(17-9-8-16-11-17)13-5-3-2-4-6-13/h7-11,13-14H,2-6H2,1H3. The highest BCUT2D eigenvalue weighted by Crippen LogP contribution is 2.40. The molecule has 0 saturated heterocycles. The molecule has 0 bridgehead atoms. The summed E-state index contributed by atoms with van der Waals surface area (Å²) in [5.74, 6) is 0.783. The Morgan fingerprint density at radius 2 is 2.17 bits per heavy atom. The van der Waals surface area contributed by atoms with Crippen LogP contribution in [0.1, 0.15) is 48.6 Å². The lowest BCUT2D eigenvalue weighted by Crippen LogP contribution is -2.21. The third kappa shape index (κ3) is 2.24. The van der Waals surface area contributed by atoms with Crippen LogP contribution in [-0.4, -0.2) is 9.55 Å². The number of rotatable bonds is 3. The van der Waals surface area contributed by atoms with Crippen LogP contribution in [0.2, 0.25) is 0 Å². The third-order valence-electron chi connectivity index (χ3n) is 4.11. The van der Waals surface area contributed by atoms with E-state index in [9.17, 15) is 0 Å². The molecule has 1 aliphatic carbocycles. The SMILES string of the molecule is Cc1ccsc1C(C1CCCCC1)n1ccnc1. The van der Waals surface area contributed by atoms with Crippen molar-refractivity contribution in [3.63, 3.8) is 0 Å². The summed E-state index contributed by atoms with van der Waals surface area (Å²) in [6.45, 7) is 2.23. The lowest BCUT2D eigenvalue weighted by atomic mass is 9.82. The van der Waals surface area contributed by atoms with Gasteiger partial charge in [0, 0.05) is 17.3 Å². The molecular weight excluding hydrogens is 240 g/mol. The maximum Gasteiger partial charge on any atom is 0.0952 e. The second kappa shape index (κ2) is 5.27. The molecule has 1 atom stereocenters. The summed E-state index contributed by atoms with van der Waals surface area (Å²) in [4.78, 5) is 5.77. The van der Waals surface area contributed by atoms with Gasteiger partial charge in [0.1, 0.15) is 0 Å². The van der Waals surface area contributed by atoms with Crippen molar-refractivity contribution in [1.29, 1.82) is 0 Å². The first-order valence-corrected chi connectivity index (χ1v) is 7.75. The highest BCUT2D eigenvalue weighted by molar-refractivity contribution is 7.10. The van der Waals surface area contributed by atoms with Crippen LogP contribution in [0.15, 0.2) is 30.2 Å². The summed E-state index contributed by atoms with van der Waals surface area (Å²) in [5, 5.41) is 2.22. The van der Waals surface area contributed by atoms with Crippen LogP contribution in [-0.2, 0) is 0 Å². The van der Waals surface area contributed by atoms with E-state index in [2.05, 4.69) is 34.1 Å². The zero-order chi connectivity index (χ0) is 12.4. The predicted molar refractivity (Wildman–Crippen MR) is 76.0 cm³/mol. The Labute approximate surface area is 113 Å². The monoisotopic (exact) mass is 260 g/mol. The van der Waals surface area contributed by atoms with E-state index in [1.807, 2.05) is 23.9 Å². The maximum absolute atomic E-state index is 4.25. The van der Waals surface area contributed by atoms with E-state index < -0.39 is 0 Å². The summed E-state index contributed by atoms with van der Waals surface area (Å²) in [7, 11) is 0. The van der Waals surface area contributed by atoms with Gasteiger partial charge >= 0.3 is 0 Å². The molecule has 2 aromatic heterocycles. The molecule has 0 spiro atoms. The summed E-state index contributed by atoms with van der Waals surface area (Å²) >= 11 is 1.90. The molecule has 0 radical (unpaired) electrons. The first-order chi connectivity index (χ1) is 8.86. The molecule has 2 nitrogen and oxygen atoms in total. The smallest absolute Gasteiger partial charge is 0.0952 e. The van der Waals surface area contributed by atoms with Gasteiger partial charge in [0.05, 0.1) is 12.4 Å². The first-order valence-electron chi connectivity index (χ1n) is 6.87. The van der Waals surface area contributed by atoms with E-state index in [0.717, 1.165) is 5.92 Å². The van der Waals surface area contributed by atoms with Gasteiger partial charge in [-0.15, -0.1) is 11.3 Å². The first kappa shape index (κ1) is 12.0. The molecule has 0 aliphatic heterocycles. The molecule has 1 unspecified atom stereocenters. The average molecular weight is 260 g/mol. The normalized spacial score (nSPS) is 18.9. The van der Waals surface area contributed by atoms with Crippen molar-refractivity contribution in [3.05, 3.63) is 40.6 Å². The van der Waals surface area contributed by atoms with Crippen molar-refractivity contribution < 1.29 is 0 Å². The molecular formula is C15H20N2S. The molecule has 3 heteroatoms. The Morgan fingerprint density at radius 3 is 2.78 bits per heavy atom. The highest BCUT2D eigenvalue weighted by atomic mass is 32.1. The molecule has 3 rings (SSSR count).